The average Bonchev–Trinajstić information content (AvgIpc) is 3.10. The van der Waals surface area contributed by atoms with E-state index in [1.807, 2.05) is 10.7 Å². The quantitative estimate of drug-likeness (QED) is 0.539. The van der Waals surface area contributed by atoms with Gasteiger partial charge in [0.2, 0.25) is 10.7 Å². The first kappa shape index (κ1) is 20.8. The largest absolute Gasteiger partial charge is 0.378 e. The van der Waals surface area contributed by atoms with Gasteiger partial charge in [0.05, 0.1) is 25.6 Å². The Morgan fingerprint density at radius 3 is 2.47 bits per heavy atom. The number of hydrogen-bond donors (Lipinski definition) is 0. The molecule has 2 aromatic carbocycles. The van der Waals surface area contributed by atoms with Crippen molar-refractivity contribution in [3.63, 3.8) is 0 Å². The maximum absolute atomic E-state index is 5.93. The van der Waals surface area contributed by atoms with Gasteiger partial charge < -0.3 is 9.64 Å². The molecule has 0 spiro atoms. The molecule has 4 rings (SSSR count). The number of anilines is 1. The summed E-state index contributed by atoms with van der Waals surface area (Å²) in [6.07, 6.45) is 0.944. The topological polar surface area (TPSA) is 38.5 Å². The summed E-state index contributed by atoms with van der Waals surface area (Å²) >= 11 is 5.93. The van der Waals surface area contributed by atoms with E-state index < -0.39 is 0 Å². The van der Waals surface area contributed by atoms with Crippen LogP contribution in [0.4, 0.5) is 5.95 Å². The van der Waals surface area contributed by atoms with Crippen molar-refractivity contribution in [3.8, 4) is 5.69 Å². The van der Waals surface area contributed by atoms with Gasteiger partial charge in [0.15, 0.2) is 0 Å². The van der Waals surface area contributed by atoms with Crippen LogP contribution in [0.25, 0.3) is 5.69 Å². The van der Waals surface area contributed by atoms with Gasteiger partial charge >= 0.3 is 0 Å². The Bertz CT molecular complexity index is 1020. The zero-order valence-electron chi connectivity index (χ0n) is 17.7. The summed E-state index contributed by atoms with van der Waals surface area (Å²) in [5.41, 5.74) is 3.65. The molecule has 0 aliphatic carbocycles. The van der Waals surface area contributed by atoms with E-state index in [9.17, 15) is 0 Å². The van der Waals surface area contributed by atoms with Crippen LogP contribution in [0.1, 0.15) is 18.1 Å². The number of hydrogen-bond acceptors (Lipinski definition) is 5. The van der Waals surface area contributed by atoms with Crippen molar-refractivity contribution >= 4 is 18.2 Å². The van der Waals surface area contributed by atoms with Gasteiger partial charge in [0, 0.05) is 19.6 Å². The van der Waals surface area contributed by atoms with Crippen molar-refractivity contribution in [2.75, 3.05) is 38.3 Å². The van der Waals surface area contributed by atoms with Crippen molar-refractivity contribution < 1.29 is 4.74 Å². The SMILES string of the molecule is CCc1ccccc1-n1c(N2CCOCC2)nn(CN(C)Cc2ccccc2)c1=S. The number of ether oxygens (including phenoxy) is 1. The fourth-order valence-electron chi connectivity index (χ4n) is 3.87. The molecule has 0 amide bonds. The fraction of sp³-hybridized carbons (Fsp3) is 0.391. The second-order valence-electron chi connectivity index (χ2n) is 7.64. The third-order valence-electron chi connectivity index (χ3n) is 5.40. The first-order valence-electron chi connectivity index (χ1n) is 10.5. The summed E-state index contributed by atoms with van der Waals surface area (Å²) in [6.45, 7) is 6.71. The van der Waals surface area contributed by atoms with Crippen molar-refractivity contribution in [3.05, 3.63) is 70.5 Å². The highest BCUT2D eigenvalue weighted by Gasteiger charge is 2.22. The molecular weight excluding hydrogens is 394 g/mol. The maximum atomic E-state index is 5.93. The number of aryl methyl sites for hydroxylation is 1. The van der Waals surface area contributed by atoms with Crippen molar-refractivity contribution in [1.82, 2.24) is 19.2 Å². The van der Waals surface area contributed by atoms with E-state index in [1.165, 1.54) is 11.1 Å². The highest BCUT2D eigenvalue weighted by atomic mass is 32.1. The summed E-state index contributed by atoms with van der Waals surface area (Å²) < 4.78 is 10.4. The lowest BCUT2D eigenvalue weighted by molar-refractivity contribution is 0.121. The summed E-state index contributed by atoms with van der Waals surface area (Å²) in [5, 5.41) is 4.97. The molecule has 30 heavy (non-hydrogen) atoms. The second-order valence-corrected chi connectivity index (χ2v) is 8.01. The van der Waals surface area contributed by atoms with Crippen molar-refractivity contribution in [2.45, 2.75) is 26.6 Å². The van der Waals surface area contributed by atoms with Crippen LogP contribution in [0.3, 0.4) is 0 Å². The smallest absolute Gasteiger partial charge is 0.230 e. The minimum atomic E-state index is 0.631. The minimum absolute atomic E-state index is 0.631. The molecule has 0 radical (unpaired) electrons. The third-order valence-corrected chi connectivity index (χ3v) is 5.79. The molecule has 0 bridgehead atoms. The average molecular weight is 424 g/mol. The zero-order chi connectivity index (χ0) is 20.9. The van der Waals surface area contributed by atoms with Gasteiger partial charge in [-0.1, -0.05) is 55.5 Å². The van der Waals surface area contributed by atoms with Gasteiger partial charge in [-0.15, -0.1) is 5.10 Å². The van der Waals surface area contributed by atoms with Gasteiger partial charge in [-0.3, -0.25) is 9.47 Å². The predicted molar refractivity (Wildman–Crippen MR) is 123 cm³/mol. The third kappa shape index (κ3) is 4.48. The normalized spacial score (nSPS) is 14.4. The Labute approximate surface area is 183 Å². The Morgan fingerprint density at radius 1 is 1.03 bits per heavy atom. The summed E-state index contributed by atoms with van der Waals surface area (Å²) in [7, 11) is 2.10. The van der Waals surface area contributed by atoms with Crippen LogP contribution in [-0.4, -0.2) is 52.6 Å². The van der Waals surface area contributed by atoms with Gasteiger partial charge in [-0.25, -0.2) is 4.68 Å². The highest BCUT2D eigenvalue weighted by Crippen LogP contribution is 2.24. The molecule has 0 N–H and O–H groups in total. The molecule has 1 aliphatic rings. The molecule has 1 aromatic heterocycles. The Balaban J connectivity index is 1.69. The molecule has 6 nitrogen and oxygen atoms in total. The van der Waals surface area contributed by atoms with Crippen molar-refractivity contribution in [2.24, 2.45) is 0 Å². The van der Waals surface area contributed by atoms with E-state index >= 15 is 0 Å². The van der Waals surface area contributed by atoms with Crippen molar-refractivity contribution in [1.29, 1.82) is 0 Å². The number of benzene rings is 2. The molecule has 0 saturated carbocycles. The van der Waals surface area contributed by atoms with E-state index in [2.05, 4.69) is 76.9 Å². The predicted octanol–water partition coefficient (Wildman–Crippen LogP) is 3.89. The van der Waals surface area contributed by atoms with Gasteiger partial charge in [0.1, 0.15) is 0 Å². The second kappa shape index (κ2) is 9.55. The standard InChI is InChI=1S/C23H29N5OS/c1-3-20-11-7-8-12-21(20)28-22(26-13-15-29-16-14-26)24-27(23(28)30)18-25(2)17-19-9-5-4-6-10-19/h4-12H,3,13-18H2,1-2H3. The number of rotatable bonds is 7. The fourth-order valence-corrected chi connectivity index (χ4v) is 4.15. The lowest BCUT2D eigenvalue weighted by Gasteiger charge is -2.28. The van der Waals surface area contributed by atoms with E-state index in [1.54, 1.807) is 0 Å². The summed E-state index contributed by atoms with van der Waals surface area (Å²) in [5.74, 6) is 0.900. The number of nitrogens with zero attached hydrogens (tertiary/aromatic N) is 5. The van der Waals surface area contributed by atoms with E-state index in [0.717, 1.165) is 42.5 Å². The van der Waals surface area contributed by atoms with Crippen LogP contribution < -0.4 is 4.90 Å². The number of para-hydroxylation sites is 1. The van der Waals surface area contributed by atoms with Crippen LogP contribution in [0, 0.1) is 4.77 Å². The molecule has 158 valence electrons. The van der Waals surface area contributed by atoms with E-state index in [4.69, 9.17) is 22.1 Å². The maximum Gasteiger partial charge on any atom is 0.230 e. The Hall–Kier alpha value is -2.48. The summed E-state index contributed by atoms with van der Waals surface area (Å²) in [4.78, 5) is 4.51. The van der Waals surface area contributed by atoms with Gasteiger partial charge in [-0.05, 0) is 42.9 Å². The highest BCUT2D eigenvalue weighted by molar-refractivity contribution is 7.71. The Kier molecular flexibility index (Phi) is 6.62. The van der Waals surface area contributed by atoms with Crippen LogP contribution in [0.15, 0.2) is 54.6 Å². The van der Waals surface area contributed by atoms with Gasteiger partial charge in [-0.2, -0.15) is 0 Å². The van der Waals surface area contributed by atoms with Crippen LogP contribution in [0.2, 0.25) is 0 Å². The molecule has 0 atom stereocenters. The van der Waals surface area contributed by atoms with Crippen LogP contribution in [-0.2, 0) is 24.4 Å². The molecule has 0 unspecified atom stereocenters. The van der Waals surface area contributed by atoms with Gasteiger partial charge in [0.25, 0.3) is 0 Å². The van der Waals surface area contributed by atoms with Crippen LogP contribution >= 0.6 is 12.2 Å². The molecule has 2 heterocycles. The molecule has 1 aliphatic heterocycles. The number of morpholine rings is 1. The monoisotopic (exact) mass is 423 g/mol. The molecule has 7 heteroatoms. The zero-order valence-corrected chi connectivity index (χ0v) is 18.5. The minimum Gasteiger partial charge on any atom is -0.378 e. The molecule has 1 fully saturated rings. The number of aromatic nitrogens is 3. The molecular formula is C23H29N5OS. The van der Waals surface area contributed by atoms with E-state index in [-0.39, 0.29) is 0 Å². The van der Waals surface area contributed by atoms with Crippen LogP contribution in [0.5, 0.6) is 0 Å². The first-order valence-corrected chi connectivity index (χ1v) is 10.9. The molecule has 1 saturated heterocycles. The molecule has 3 aromatic rings. The first-order chi connectivity index (χ1) is 14.7. The lowest BCUT2D eigenvalue weighted by Crippen LogP contribution is -2.38. The Morgan fingerprint density at radius 2 is 1.73 bits per heavy atom. The van der Waals surface area contributed by atoms with E-state index in [0.29, 0.717) is 19.9 Å². The lowest BCUT2D eigenvalue weighted by atomic mass is 10.1. The summed E-state index contributed by atoms with van der Waals surface area (Å²) in [6, 6.07) is 18.9.